The van der Waals surface area contributed by atoms with Gasteiger partial charge in [-0.2, -0.15) is 0 Å². The third-order valence-electron chi connectivity index (χ3n) is 9.76. The maximum atomic E-state index is 15.1. The maximum absolute atomic E-state index is 15.1. The van der Waals surface area contributed by atoms with Crippen LogP contribution < -0.4 is 9.47 Å². The Labute approximate surface area is 313 Å². The standard InChI is InChI=1S/C45H42F2O7/c1-3-45(28-52-29-45)27-51-22-8-4-5-9-23-53-40-21-17-34(24-30(40)2)44(50)54-43-35(26-48)25-33(37-10-6-7-11-39(37)43)13-12-32-16-20-38(42(47)41(32)46)31-14-18-36(49)19-15-31/h6-7,10-11,14-21,24-26,49H,3-5,8-9,22-23,27-29H2,1-2H3. The van der Waals surface area contributed by atoms with E-state index in [1.807, 2.05) is 6.92 Å². The summed E-state index contributed by atoms with van der Waals surface area (Å²) in [5, 5.41) is 10.5. The molecule has 0 spiro atoms. The Morgan fingerprint density at radius 2 is 1.59 bits per heavy atom. The number of phenolic OH excluding ortho intramolecular Hbond substituents is 1. The van der Waals surface area contributed by atoms with Crippen LogP contribution in [-0.4, -0.2) is 50.4 Å². The normalized spacial score (nSPS) is 13.1. The van der Waals surface area contributed by atoms with E-state index in [1.165, 1.54) is 42.5 Å². The molecule has 0 aliphatic carbocycles. The number of hydrogen-bond donors (Lipinski definition) is 1. The second kappa shape index (κ2) is 17.5. The SMILES string of the molecule is CCC1(COCCCCCCOc2ccc(C(=O)Oc3c(C=O)cc(C#Cc4ccc(-c5ccc(O)cc5)c(F)c4F)c4ccccc34)cc2C)COC1. The number of esters is 1. The minimum absolute atomic E-state index is 0.00897. The molecular weight excluding hydrogens is 690 g/mol. The number of unbranched alkanes of at least 4 members (excludes halogenated alkanes) is 3. The Morgan fingerprint density at radius 3 is 2.28 bits per heavy atom. The van der Waals surface area contributed by atoms with Gasteiger partial charge in [-0.05, 0) is 92.3 Å². The quantitative estimate of drug-likeness (QED) is 0.0377. The lowest BCUT2D eigenvalue weighted by Crippen LogP contribution is -2.45. The van der Waals surface area contributed by atoms with Crippen molar-refractivity contribution >= 4 is 23.0 Å². The fraction of sp³-hybridized carbons (Fsp3) is 0.289. The molecule has 5 aromatic carbocycles. The number of ether oxygens (including phenoxy) is 4. The van der Waals surface area contributed by atoms with E-state index >= 15 is 8.78 Å². The number of aryl methyl sites for hydroxylation is 1. The van der Waals surface area contributed by atoms with Crippen molar-refractivity contribution < 1.29 is 42.4 Å². The second-order valence-electron chi connectivity index (χ2n) is 13.6. The van der Waals surface area contributed by atoms with E-state index in [-0.39, 0.29) is 39.2 Å². The highest BCUT2D eigenvalue weighted by Crippen LogP contribution is 2.34. The molecule has 0 aromatic heterocycles. The van der Waals surface area contributed by atoms with Crippen LogP contribution in [0, 0.1) is 35.8 Å². The van der Waals surface area contributed by atoms with Crippen molar-refractivity contribution in [1.82, 2.24) is 0 Å². The van der Waals surface area contributed by atoms with E-state index in [2.05, 4.69) is 18.8 Å². The van der Waals surface area contributed by atoms with Gasteiger partial charge in [0.05, 0.1) is 43.1 Å². The molecule has 7 nitrogen and oxygen atoms in total. The van der Waals surface area contributed by atoms with Crippen molar-refractivity contribution in [3.8, 4) is 40.2 Å². The summed E-state index contributed by atoms with van der Waals surface area (Å²) in [6, 6.07) is 22.0. The lowest BCUT2D eigenvalue weighted by Gasteiger charge is -2.40. The van der Waals surface area contributed by atoms with E-state index < -0.39 is 17.6 Å². The summed E-state index contributed by atoms with van der Waals surface area (Å²) in [5.74, 6) is 3.47. The molecular formula is C45H42F2O7. The third-order valence-corrected chi connectivity index (χ3v) is 9.76. The number of benzene rings is 5. The number of rotatable bonds is 15. The van der Waals surface area contributed by atoms with Gasteiger partial charge in [-0.3, -0.25) is 4.79 Å². The molecule has 0 amide bonds. The van der Waals surface area contributed by atoms with Gasteiger partial charge in [0.15, 0.2) is 17.9 Å². The highest BCUT2D eigenvalue weighted by Gasteiger charge is 2.36. The van der Waals surface area contributed by atoms with Crippen LogP contribution in [0.5, 0.6) is 17.2 Å². The molecule has 1 saturated heterocycles. The maximum Gasteiger partial charge on any atom is 0.343 e. The summed E-state index contributed by atoms with van der Waals surface area (Å²) in [6.07, 6.45) is 5.63. The molecule has 1 aliphatic heterocycles. The summed E-state index contributed by atoms with van der Waals surface area (Å²) < 4.78 is 53.3. The molecule has 0 bridgehead atoms. The summed E-state index contributed by atoms with van der Waals surface area (Å²) in [4.78, 5) is 25.7. The number of carbonyl (C=O) groups is 2. The third kappa shape index (κ3) is 8.79. The molecule has 0 unspecified atom stereocenters. The Hall–Kier alpha value is -5.56. The van der Waals surface area contributed by atoms with Crippen molar-refractivity contribution in [2.45, 2.75) is 46.0 Å². The predicted molar refractivity (Wildman–Crippen MR) is 203 cm³/mol. The van der Waals surface area contributed by atoms with Crippen LogP contribution in [0.1, 0.15) is 76.4 Å². The summed E-state index contributed by atoms with van der Waals surface area (Å²) >= 11 is 0. The zero-order valence-corrected chi connectivity index (χ0v) is 30.4. The Kier molecular flexibility index (Phi) is 12.4. The smallest absolute Gasteiger partial charge is 0.343 e. The van der Waals surface area contributed by atoms with Crippen molar-refractivity contribution in [2.75, 3.05) is 33.0 Å². The molecule has 1 aliphatic rings. The average molecular weight is 733 g/mol. The van der Waals surface area contributed by atoms with Crippen LogP contribution in [0.15, 0.2) is 84.9 Å². The minimum atomic E-state index is -1.12. The first kappa shape index (κ1) is 38.2. The van der Waals surface area contributed by atoms with Crippen molar-refractivity contribution in [3.05, 3.63) is 124 Å². The van der Waals surface area contributed by atoms with Gasteiger partial charge in [0.1, 0.15) is 17.2 Å². The highest BCUT2D eigenvalue weighted by atomic mass is 19.2. The van der Waals surface area contributed by atoms with E-state index in [9.17, 15) is 14.7 Å². The Bertz CT molecular complexity index is 2190. The summed E-state index contributed by atoms with van der Waals surface area (Å²) in [7, 11) is 0. The van der Waals surface area contributed by atoms with Crippen LogP contribution in [0.25, 0.3) is 21.9 Å². The lowest BCUT2D eigenvalue weighted by atomic mass is 9.84. The van der Waals surface area contributed by atoms with Crippen LogP contribution >= 0.6 is 0 Å². The van der Waals surface area contributed by atoms with Gasteiger partial charge in [-0.15, -0.1) is 0 Å². The number of aldehydes is 1. The van der Waals surface area contributed by atoms with Crippen LogP contribution in [0.3, 0.4) is 0 Å². The largest absolute Gasteiger partial charge is 0.508 e. The number of carbonyl (C=O) groups excluding carboxylic acids is 2. The van der Waals surface area contributed by atoms with Gasteiger partial charge >= 0.3 is 5.97 Å². The summed E-state index contributed by atoms with van der Waals surface area (Å²) in [6.45, 7) is 7.70. The topological polar surface area (TPSA) is 91.3 Å². The molecule has 0 atom stereocenters. The van der Waals surface area contributed by atoms with Gasteiger partial charge in [0, 0.05) is 33.9 Å². The van der Waals surface area contributed by atoms with E-state index in [0.717, 1.165) is 64.1 Å². The van der Waals surface area contributed by atoms with Gasteiger partial charge in [-0.1, -0.05) is 61.6 Å². The molecule has 1 fully saturated rings. The van der Waals surface area contributed by atoms with Crippen molar-refractivity contribution in [2.24, 2.45) is 5.41 Å². The van der Waals surface area contributed by atoms with E-state index in [0.29, 0.717) is 40.5 Å². The van der Waals surface area contributed by atoms with Crippen LogP contribution in [-0.2, 0) is 9.47 Å². The molecule has 9 heteroatoms. The first-order chi connectivity index (χ1) is 26.2. The first-order valence-corrected chi connectivity index (χ1v) is 18.1. The molecule has 54 heavy (non-hydrogen) atoms. The monoisotopic (exact) mass is 732 g/mol. The average Bonchev–Trinajstić information content (AvgIpc) is 3.17. The number of halogens is 2. The van der Waals surface area contributed by atoms with E-state index in [4.69, 9.17) is 18.9 Å². The molecule has 6 rings (SSSR count). The molecule has 1 N–H and O–H groups in total. The van der Waals surface area contributed by atoms with Crippen LogP contribution in [0.4, 0.5) is 8.78 Å². The zero-order valence-electron chi connectivity index (χ0n) is 30.4. The van der Waals surface area contributed by atoms with Gasteiger partial charge < -0.3 is 24.1 Å². The summed E-state index contributed by atoms with van der Waals surface area (Å²) in [5.41, 5.74) is 1.96. The lowest BCUT2D eigenvalue weighted by molar-refractivity contribution is -0.150. The highest BCUT2D eigenvalue weighted by molar-refractivity contribution is 6.03. The van der Waals surface area contributed by atoms with E-state index in [1.54, 1.807) is 42.5 Å². The van der Waals surface area contributed by atoms with Crippen molar-refractivity contribution in [1.29, 1.82) is 0 Å². The van der Waals surface area contributed by atoms with Gasteiger partial charge in [0.25, 0.3) is 0 Å². The second-order valence-corrected chi connectivity index (χ2v) is 13.6. The first-order valence-electron chi connectivity index (χ1n) is 18.1. The molecule has 5 aromatic rings. The Balaban J connectivity index is 1.09. The van der Waals surface area contributed by atoms with Gasteiger partial charge in [0.2, 0.25) is 0 Å². The molecule has 0 saturated carbocycles. The fourth-order valence-electron chi connectivity index (χ4n) is 6.32. The number of hydrogen-bond acceptors (Lipinski definition) is 7. The van der Waals surface area contributed by atoms with Crippen LogP contribution in [0.2, 0.25) is 0 Å². The number of aromatic hydroxyl groups is 1. The predicted octanol–water partition coefficient (Wildman–Crippen LogP) is 9.61. The van der Waals surface area contributed by atoms with Gasteiger partial charge in [-0.25, -0.2) is 13.6 Å². The minimum Gasteiger partial charge on any atom is -0.508 e. The number of phenols is 1. The fourth-order valence-corrected chi connectivity index (χ4v) is 6.32. The number of fused-ring (bicyclic) bond motifs is 1. The zero-order chi connectivity index (χ0) is 38.1. The van der Waals surface area contributed by atoms with Crippen molar-refractivity contribution in [3.63, 3.8) is 0 Å². The molecule has 0 radical (unpaired) electrons. The molecule has 1 heterocycles. The molecule has 278 valence electrons. The Morgan fingerprint density at radius 1 is 0.870 bits per heavy atom.